The summed E-state index contributed by atoms with van der Waals surface area (Å²) >= 11 is 0. The Bertz CT molecular complexity index is 1230. The predicted molar refractivity (Wildman–Crippen MR) is 144 cm³/mol. The van der Waals surface area contributed by atoms with Gasteiger partial charge in [-0.15, -0.1) is 0 Å². The zero-order chi connectivity index (χ0) is 29.8. The highest BCUT2D eigenvalue weighted by molar-refractivity contribution is 5.70. The van der Waals surface area contributed by atoms with Crippen LogP contribution in [0.3, 0.4) is 0 Å². The molecule has 218 valence electrons. The number of amides is 1. The number of hydrogen-bond donors (Lipinski definition) is 2. The van der Waals surface area contributed by atoms with E-state index in [1.807, 2.05) is 44.2 Å². The first kappa shape index (κ1) is 32.0. The van der Waals surface area contributed by atoms with E-state index in [1.165, 1.54) is 14.2 Å². The lowest BCUT2D eigenvalue weighted by Gasteiger charge is -2.23. The van der Waals surface area contributed by atoms with Crippen LogP contribution in [0, 0.1) is 0 Å². The second-order valence-corrected chi connectivity index (χ2v) is 10.0. The van der Waals surface area contributed by atoms with Gasteiger partial charge in [-0.1, -0.05) is 40.6 Å². The van der Waals surface area contributed by atoms with Crippen molar-refractivity contribution in [2.24, 2.45) is 5.73 Å². The molecule has 0 atom stereocenters. The summed E-state index contributed by atoms with van der Waals surface area (Å²) in [5, 5.41) is 10.6. The van der Waals surface area contributed by atoms with Crippen LogP contribution in [0.15, 0.2) is 51.5 Å². The van der Waals surface area contributed by atoms with Crippen molar-refractivity contribution < 1.29 is 37.6 Å². The highest BCUT2D eigenvalue weighted by Crippen LogP contribution is 2.21. The van der Waals surface area contributed by atoms with E-state index in [9.17, 15) is 14.4 Å². The Hall–Kier alpha value is -4.19. The standard InChI is InChI=1S/C18H22N2O5.C10H16N2O3/c1-18(2,15-11-14(25-20-15)9-10-16(21)23-3)19-17(22)24-12-13-7-5-4-6-8-13;1-10(2,11)8-6-7(15-12-8)4-5-9(13)14-3/h4-8,11H,9-10,12H2,1-3H3,(H,19,22);6H,4-5,11H2,1-3H3. The number of carbonyl (C=O) groups is 3. The molecule has 0 aliphatic rings. The van der Waals surface area contributed by atoms with Crippen molar-refractivity contribution >= 4 is 18.0 Å². The lowest BCUT2D eigenvalue weighted by atomic mass is 10.0. The summed E-state index contributed by atoms with van der Waals surface area (Å²) in [5.41, 5.74) is 6.67. The molecule has 12 nitrogen and oxygen atoms in total. The van der Waals surface area contributed by atoms with Gasteiger partial charge in [0.25, 0.3) is 0 Å². The molecule has 1 amide bonds. The first-order chi connectivity index (χ1) is 18.8. The average molecular weight is 559 g/mol. The fourth-order valence-corrected chi connectivity index (χ4v) is 3.19. The number of hydrogen-bond acceptors (Lipinski definition) is 11. The number of benzene rings is 1. The Morgan fingerprint density at radius 1 is 0.850 bits per heavy atom. The molecule has 2 heterocycles. The van der Waals surface area contributed by atoms with E-state index >= 15 is 0 Å². The van der Waals surface area contributed by atoms with Crippen LogP contribution in [0.4, 0.5) is 4.79 Å². The van der Waals surface area contributed by atoms with Crippen molar-refractivity contribution in [3.63, 3.8) is 0 Å². The molecular formula is C28H38N4O8. The van der Waals surface area contributed by atoms with E-state index in [0.29, 0.717) is 35.7 Å². The molecule has 0 fully saturated rings. The van der Waals surface area contributed by atoms with Crippen molar-refractivity contribution in [1.82, 2.24) is 15.6 Å². The van der Waals surface area contributed by atoms with Crippen molar-refractivity contribution in [2.75, 3.05) is 14.2 Å². The first-order valence-electron chi connectivity index (χ1n) is 12.7. The average Bonchev–Trinajstić information content (AvgIpc) is 3.60. The molecule has 0 spiro atoms. The molecule has 0 radical (unpaired) electrons. The Morgan fingerprint density at radius 2 is 1.35 bits per heavy atom. The number of aryl methyl sites for hydroxylation is 2. The van der Waals surface area contributed by atoms with Gasteiger partial charge in [0.05, 0.1) is 38.1 Å². The van der Waals surface area contributed by atoms with Gasteiger partial charge < -0.3 is 34.3 Å². The molecule has 0 saturated carbocycles. The van der Waals surface area contributed by atoms with Gasteiger partial charge in [-0.25, -0.2) is 4.79 Å². The minimum atomic E-state index is -0.777. The van der Waals surface area contributed by atoms with E-state index in [-0.39, 0.29) is 31.4 Å². The number of nitrogens with zero attached hydrogens (tertiary/aromatic N) is 2. The molecule has 0 aliphatic heterocycles. The zero-order valence-electron chi connectivity index (χ0n) is 23.8. The van der Waals surface area contributed by atoms with Gasteiger partial charge in [0.15, 0.2) is 0 Å². The van der Waals surface area contributed by atoms with Crippen LogP contribution >= 0.6 is 0 Å². The largest absolute Gasteiger partial charge is 0.469 e. The van der Waals surface area contributed by atoms with Gasteiger partial charge >= 0.3 is 18.0 Å². The Morgan fingerprint density at radius 3 is 1.82 bits per heavy atom. The van der Waals surface area contributed by atoms with Gasteiger partial charge in [0.2, 0.25) is 0 Å². The molecule has 0 unspecified atom stereocenters. The molecule has 2 aromatic heterocycles. The fraction of sp³-hybridized carbons (Fsp3) is 0.464. The van der Waals surface area contributed by atoms with Gasteiger partial charge in [-0.3, -0.25) is 9.59 Å². The number of methoxy groups -OCH3 is 2. The maximum Gasteiger partial charge on any atom is 0.408 e. The fourth-order valence-electron chi connectivity index (χ4n) is 3.19. The number of ether oxygens (including phenoxy) is 3. The van der Waals surface area contributed by atoms with Gasteiger partial charge in [-0.2, -0.15) is 0 Å². The Kier molecular flexibility index (Phi) is 11.9. The molecule has 12 heteroatoms. The van der Waals surface area contributed by atoms with E-state index in [0.717, 1.165) is 5.56 Å². The number of aromatic nitrogens is 2. The number of carbonyl (C=O) groups excluding carboxylic acids is 3. The quantitative estimate of drug-likeness (QED) is 0.258. The van der Waals surface area contributed by atoms with Crippen molar-refractivity contribution in [3.05, 3.63) is 70.9 Å². The number of esters is 2. The highest BCUT2D eigenvalue weighted by Gasteiger charge is 2.28. The summed E-state index contributed by atoms with van der Waals surface area (Å²) in [6, 6.07) is 12.9. The van der Waals surface area contributed by atoms with Crippen LogP contribution in [0.1, 0.15) is 69.0 Å². The molecule has 1 aromatic carbocycles. The monoisotopic (exact) mass is 558 g/mol. The molecular weight excluding hydrogens is 520 g/mol. The van der Waals surface area contributed by atoms with Crippen LogP contribution in [0.25, 0.3) is 0 Å². The minimum absolute atomic E-state index is 0.186. The van der Waals surface area contributed by atoms with Crippen molar-refractivity contribution in [3.8, 4) is 0 Å². The predicted octanol–water partition coefficient (Wildman–Crippen LogP) is 3.92. The summed E-state index contributed by atoms with van der Waals surface area (Å²) in [6.45, 7) is 7.45. The molecule has 3 N–H and O–H groups in total. The maximum absolute atomic E-state index is 12.0. The van der Waals surface area contributed by atoms with Crippen LogP contribution in [0.2, 0.25) is 0 Å². The molecule has 40 heavy (non-hydrogen) atoms. The lowest BCUT2D eigenvalue weighted by molar-refractivity contribution is -0.141. The lowest BCUT2D eigenvalue weighted by Crippen LogP contribution is -2.41. The summed E-state index contributed by atoms with van der Waals surface area (Å²) < 4.78 is 24.6. The van der Waals surface area contributed by atoms with Crippen molar-refractivity contribution in [2.45, 2.75) is 71.1 Å². The molecule has 0 aliphatic carbocycles. The van der Waals surface area contributed by atoms with E-state index in [1.54, 1.807) is 26.0 Å². The maximum atomic E-state index is 12.0. The molecule has 0 saturated heterocycles. The topological polar surface area (TPSA) is 169 Å². The third-order valence-corrected chi connectivity index (χ3v) is 5.65. The van der Waals surface area contributed by atoms with E-state index in [2.05, 4.69) is 25.1 Å². The second-order valence-electron chi connectivity index (χ2n) is 10.0. The summed E-state index contributed by atoms with van der Waals surface area (Å²) in [4.78, 5) is 34.1. The number of nitrogens with one attached hydrogen (secondary N) is 1. The van der Waals surface area contributed by atoms with Crippen LogP contribution in [-0.2, 0) is 54.3 Å². The van der Waals surface area contributed by atoms with E-state index in [4.69, 9.17) is 19.5 Å². The van der Waals surface area contributed by atoms with Crippen molar-refractivity contribution in [1.29, 1.82) is 0 Å². The summed E-state index contributed by atoms with van der Waals surface area (Å²) in [7, 11) is 2.69. The van der Waals surface area contributed by atoms with Crippen LogP contribution in [0.5, 0.6) is 0 Å². The Labute approximate surface area is 233 Å². The zero-order valence-corrected chi connectivity index (χ0v) is 23.8. The SMILES string of the molecule is COC(=O)CCc1cc(C(C)(C)N)no1.COC(=O)CCc1cc(C(C)(C)NC(=O)OCc2ccccc2)no1. The third-order valence-electron chi connectivity index (χ3n) is 5.65. The minimum Gasteiger partial charge on any atom is -0.469 e. The molecule has 0 bridgehead atoms. The first-order valence-corrected chi connectivity index (χ1v) is 12.7. The normalized spacial score (nSPS) is 11.2. The second kappa shape index (κ2) is 14.8. The smallest absolute Gasteiger partial charge is 0.408 e. The van der Waals surface area contributed by atoms with E-state index < -0.39 is 17.2 Å². The molecule has 3 aromatic rings. The van der Waals surface area contributed by atoms with Crippen LogP contribution < -0.4 is 11.1 Å². The molecule has 3 rings (SSSR count). The third kappa shape index (κ3) is 10.9. The number of alkyl carbamates (subject to hydrolysis) is 1. The number of nitrogens with two attached hydrogens (primary N) is 1. The summed E-state index contributed by atoms with van der Waals surface area (Å²) in [5.74, 6) is 0.613. The number of rotatable bonds is 11. The van der Waals surface area contributed by atoms with Gasteiger partial charge in [0, 0.05) is 25.0 Å². The Balaban J connectivity index is 0.000000319. The summed E-state index contributed by atoms with van der Waals surface area (Å²) in [6.07, 6.45) is 0.811. The highest BCUT2D eigenvalue weighted by atomic mass is 16.5. The van der Waals surface area contributed by atoms with Gasteiger partial charge in [0.1, 0.15) is 29.5 Å². The van der Waals surface area contributed by atoms with Gasteiger partial charge in [-0.05, 0) is 33.3 Å². The van der Waals surface area contributed by atoms with Crippen LogP contribution in [-0.4, -0.2) is 42.6 Å².